The molecule has 2 unspecified atom stereocenters. The first kappa shape index (κ1) is 22.7. The van der Waals surface area contributed by atoms with E-state index in [9.17, 15) is 23.2 Å². The Balaban J connectivity index is 1.39. The van der Waals surface area contributed by atoms with Gasteiger partial charge in [-0.2, -0.15) is 0 Å². The van der Waals surface area contributed by atoms with Gasteiger partial charge in [-0.1, -0.05) is 48.5 Å². The summed E-state index contributed by atoms with van der Waals surface area (Å²) in [5, 5.41) is 13.8. The van der Waals surface area contributed by atoms with Crippen LogP contribution in [0.4, 0.5) is 13.6 Å². The van der Waals surface area contributed by atoms with E-state index in [0.717, 1.165) is 22.3 Å². The van der Waals surface area contributed by atoms with Gasteiger partial charge >= 0.3 is 12.1 Å². The van der Waals surface area contributed by atoms with Gasteiger partial charge in [0.05, 0.1) is 6.42 Å². The molecule has 7 nitrogen and oxygen atoms in total. The lowest BCUT2D eigenvalue weighted by Gasteiger charge is -2.20. The summed E-state index contributed by atoms with van der Waals surface area (Å²) in [4.78, 5) is 36.1. The van der Waals surface area contributed by atoms with Gasteiger partial charge in [0.15, 0.2) is 0 Å². The highest BCUT2D eigenvalue weighted by Crippen LogP contribution is 2.44. The number of hydrogen-bond donors (Lipinski definition) is 3. The van der Waals surface area contributed by atoms with Gasteiger partial charge in [0.1, 0.15) is 12.6 Å². The number of ether oxygens (including phenoxy) is 1. The van der Waals surface area contributed by atoms with Crippen molar-refractivity contribution in [2.75, 3.05) is 6.61 Å². The summed E-state index contributed by atoms with van der Waals surface area (Å²) in [5.74, 6) is -5.20. The fourth-order valence-corrected chi connectivity index (χ4v) is 4.54. The maximum Gasteiger partial charge on any atom is 0.407 e. The van der Waals surface area contributed by atoms with Crippen LogP contribution in [-0.4, -0.2) is 47.7 Å². The quantitative estimate of drug-likeness (QED) is 0.587. The highest BCUT2D eigenvalue weighted by atomic mass is 19.3. The van der Waals surface area contributed by atoms with Crippen molar-refractivity contribution in [2.24, 2.45) is 0 Å². The lowest BCUT2D eigenvalue weighted by molar-refractivity contribution is -0.140. The monoisotopic (exact) mass is 458 g/mol. The number of carbonyl (C=O) groups excluding carboxylic acids is 2. The first-order valence-electron chi connectivity index (χ1n) is 10.7. The lowest BCUT2D eigenvalue weighted by atomic mass is 9.98. The molecule has 174 valence electrons. The minimum atomic E-state index is -2.86. The molecule has 0 saturated heterocycles. The molecule has 1 saturated carbocycles. The van der Waals surface area contributed by atoms with E-state index in [1.54, 1.807) is 0 Å². The van der Waals surface area contributed by atoms with Crippen LogP contribution in [0.25, 0.3) is 11.1 Å². The van der Waals surface area contributed by atoms with Crippen LogP contribution in [0.5, 0.6) is 0 Å². The molecule has 33 heavy (non-hydrogen) atoms. The van der Waals surface area contributed by atoms with Crippen LogP contribution in [0, 0.1) is 0 Å². The second-order valence-corrected chi connectivity index (χ2v) is 8.42. The SMILES string of the molecule is O=C(O)CC(NC(=O)OCC1c2ccccc2-c2ccccc21)C(=O)NC1CCC(F)(F)C1. The van der Waals surface area contributed by atoms with E-state index in [1.807, 2.05) is 48.5 Å². The van der Waals surface area contributed by atoms with Crippen molar-refractivity contribution in [1.29, 1.82) is 0 Å². The summed E-state index contributed by atoms with van der Waals surface area (Å²) < 4.78 is 32.1. The van der Waals surface area contributed by atoms with Crippen molar-refractivity contribution in [3.63, 3.8) is 0 Å². The number of carboxylic acids is 1. The number of hydrogen-bond acceptors (Lipinski definition) is 4. The highest BCUT2D eigenvalue weighted by Gasteiger charge is 2.41. The van der Waals surface area contributed by atoms with Crippen LogP contribution in [0.15, 0.2) is 48.5 Å². The Bertz CT molecular complexity index is 1030. The number of halogens is 2. The predicted octanol–water partition coefficient (Wildman–Crippen LogP) is 3.67. The summed E-state index contributed by atoms with van der Waals surface area (Å²) in [6.45, 7) is -0.00385. The van der Waals surface area contributed by atoms with Gasteiger partial charge in [-0.3, -0.25) is 9.59 Å². The van der Waals surface area contributed by atoms with Crippen molar-refractivity contribution in [3.8, 4) is 11.1 Å². The van der Waals surface area contributed by atoms with Crippen LogP contribution in [0.2, 0.25) is 0 Å². The molecule has 0 heterocycles. The molecule has 0 spiro atoms. The maximum absolute atomic E-state index is 13.4. The molecule has 1 fully saturated rings. The van der Waals surface area contributed by atoms with E-state index in [-0.39, 0.29) is 25.4 Å². The van der Waals surface area contributed by atoms with E-state index in [4.69, 9.17) is 9.84 Å². The molecule has 9 heteroatoms. The van der Waals surface area contributed by atoms with Crippen molar-refractivity contribution in [1.82, 2.24) is 10.6 Å². The minimum Gasteiger partial charge on any atom is -0.481 e. The van der Waals surface area contributed by atoms with Gasteiger partial charge in [0.25, 0.3) is 0 Å². The van der Waals surface area contributed by atoms with E-state index < -0.39 is 48.8 Å². The zero-order valence-corrected chi connectivity index (χ0v) is 17.7. The Morgan fingerprint density at radius 3 is 2.21 bits per heavy atom. The number of fused-ring (bicyclic) bond motifs is 3. The molecule has 4 rings (SSSR count). The summed E-state index contributed by atoms with van der Waals surface area (Å²) in [5.41, 5.74) is 4.12. The summed E-state index contributed by atoms with van der Waals surface area (Å²) in [6.07, 6.45) is -2.41. The van der Waals surface area contributed by atoms with Crippen LogP contribution >= 0.6 is 0 Å². The Kier molecular flexibility index (Phi) is 6.31. The largest absolute Gasteiger partial charge is 0.481 e. The van der Waals surface area contributed by atoms with Gasteiger partial charge in [0, 0.05) is 24.8 Å². The van der Waals surface area contributed by atoms with Crippen molar-refractivity contribution >= 4 is 18.0 Å². The number of rotatable bonds is 7. The summed E-state index contributed by atoms with van der Waals surface area (Å²) in [7, 11) is 0. The smallest absolute Gasteiger partial charge is 0.407 e. The third-order valence-corrected chi connectivity index (χ3v) is 6.08. The predicted molar refractivity (Wildman–Crippen MR) is 115 cm³/mol. The fourth-order valence-electron chi connectivity index (χ4n) is 4.54. The first-order chi connectivity index (χ1) is 15.7. The zero-order valence-electron chi connectivity index (χ0n) is 17.7. The third kappa shape index (κ3) is 5.13. The number of aliphatic carboxylic acids is 1. The summed E-state index contributed by atoms with van der Waals surface area (Å²) >= 11 is 0. The number of carbonyl (C=O) groups is 3. The molecule has 2 aliphatic carbocycles. The Hall–Kier alpha value is -3.49. The lowest BCUT2D eigenvalue weighted by Crippen LogP contribution is -2.50. The van der Waals surface area contributed by atoms with Crippen LogP contribution < -0.4 is 10.6 Å². The van der Waals surface area contributed by atoms with Crippen LogP contribution in [0.3, 0.4) is 0 Å². The molecule has 2 aromatic rings. The van der Waals surface area contributed by atoms with Gasteiger partial charge in [-0.05, 0) is 28.7 Å². The van der Waals surface area contributed by atoms with Crippen molar-refractivity contribution in [3.05, 3.63) is 59.7 Å². The molecule has 2 amide bonds. The minimum absolute atomic E-state index is 0.00385. The molecule has 0 aliphatic heterocycles. The number of benzene rings is 2. The molecule has 2 aromatic carbocycles. The Labute approximate surface area is 189 Å². The second-order valence-electron chi connectivity index (χ2n) is 8.42. The van der Waals surface area contributed by atoms with Crippen LogP contribution in [-0.2, 0) is 14.3 Å². The average Bonchev–Trinajstić information content (AvgIpc) is 3.28. The number of alkyl halides is 2. The molecular weight excluding hydrogens is 434 g/mol. The van der Waals surface area contributed by atoms with E-state index >= 15 is 0 Å². The molecule has 3 N–H and O–H groups in total. The van der Waals surface area contributed by atoms with Gasteiger partial charge in [-0.25, -0.2) is 13.6 Å². The fraction of sp³-hybridized carbons (Fsp3) is 0.375. The standard InChI is InChI=1S/C24H24F2N2O5/c25-24(26)10-9-14(12-24)27-22(31)20(11-21(29)30)28-23(32)33-13-19-17-7-3-1-5-15(17)16-6-2-4-8-18(16)19/h1-8,14,19-20H,9-13H2,(H,27,31)(H,28,32)(H,29,30). The van der Waals surface area contributed by atoms with Crippen molar-refractivity contribution in [2.45, 2.75) is 49.6 Å². The third-order valence-electron chi connectivity index (χ3n) is 6.08. The topological polar surface area (TPSA) is 105 Å². The average molecular weight is 458 g/mol. The highest BCUT2D eigenvalue weighted by molar-refractivity contribution is 5.89. The number of alkyl carbamates (subject to hydrolysis) is 1. The van der Waals surface area contributed by atoms with E-state index in [1.165, 1.54) is 0 Å². The number of carboxylic acid groups (broad SMARTS) is 1. The second kappa shape index (κ2) is 9.17. The number of amides is 2. The van der Waals surface area contributed by atoms with Gasteiger partial charge in [0.2, 0.25) is 11.8 Å². The Morgan fingerprint density at radius 1 is 1.06 bits per heavy atom. The normalized spacial score (nSPS) is 19.3. The molecule has 0 bridgehead atoms. The zero-order chi connectivity index (χ0) is 23.6. The molecule has 2 atom stereocenters. The van der Waals surface area contributed by atoms with E-state index in [2.05, 4.69) is 10.6 Å². The number of nitrogens with one attached hydrogen (secondary N) is 2. The Morgan fingerprint density at radius 2 is 1.67 bits per heavy atom. The molecular formula is C24H24F2N2O5. The van der Waals surface area contributed by atoms with Crippen LogP contribution in [0.1, 0.15) is 42.7 Å². The van der Waals surface area contributed by atoms with Gasteiger partial charge in [-0.15, -0.1) is 0 Å². The van der Waals surface area contributed by atoms with E-state index in [0.29, 0.717) is 0 Å². The molecule has 0 radical (unpaired) electrons. The first-order valence-corrected chi connectivity index (χ1v) is 10.7. The van der Waals surface area contributed by atoms with Crippen molar-refractivity contribution < 1.29 is 33.0 Å². The molecule has 2 aliphatic rings. The molecule has 0 aromatic heterocycles. The maximum atomic E-state index is 13.4. The van der Waals surface area contributed by atoms with Gasteiger partial charge < -0.3 is 20.5 Å². The summed E-state index contributed by atoms with van der Waals surface area (Å²) in [6, 6.07) is 13.4.